The normalized spacial score (nSPS) is 11.2. The Morgan fingerprint density at radius 3 is 2.31 bits per heavy atom. The SMILES string of the molecule is c1ccc(Cn2cc(-c3ccco3)c3c(-c4ccco4)ncnc32)cc1. The molecule has 5 heteroatoms. The van der Waals surface area contributed by atoms with Gasteiger partial charge in [-0.3, -0.25) is 0 Å². The van der Waals surface area contributed by atoms with Gasteiger partial charge in [-0.05, 0) is 29.8 Å². The fourth-order valence-corrected chi connectivity index (χ4v) is 3.24. The van der Waals surface area contributed by atoms with E-state index < -0.39 is 0 Å². The number of aromatic nitrogens is 3. The predicted octanol–water partition coefficient (Wildman–Crippen LogP) is 5.00. The van der Waals surface area contributed by atoms with Crippen molar-refractivity contribution in [1.29, 1.82) is 0 Å². The van der Waals surface area contributed by atoms with E-state index in [0.717, 1.165) is 28.1 Å². The average molecular weight is 341 g/mol. The first-order chi connectivity index (χ1) is 12.9. The van der Waals surface area contributed by atoms with Crippen LogP contribution in [0.25, 0.3) is 33.8 Å². The van der Waals surface area contributed by atoms with E-state index in [1.807, 2.05) is 42.5 Å². The summed E-state index contributed by atoms with van der Waals surface area (Å²) in [6.45, 7) is 0.715. The van der Waals surface area contributed by atoms with Gasteiger partial charge in [-0.2, -0.15) is 0 Å². The molecule has 1 aromatic carbocycles. The molecule has 0 saturated carbocycles. The molecule has 5 aromatic rings. The van der Waals surface area contributed by atoms with E-state index in [1.165, 1.54) is 5.56 Å². The number of rotatable bonds is 4. The average Bonchev–Trinajstić information content (AvgIpc) is 3.44. The maximum absolute atomic E-state index is 5.66. The van der Waals surface area contributed by atoms with Crippen LogP contribution in [-0.4, -0.2) is 14.5 Å². The first-order valence-corrected chi connectivity index (χ1v) is 8.35. The highest BCUT2D eigenvalue weighted by molar-refractivity contribution is 6.01. The minimum absolute atomic E-state index is 0.711. The summed E-state index contributed by atoms with van der Waals surface area (Å²) in [5, 5.41) is 0.924. The third-order valence-electron chi connectivity index (χ3n) is 4.39. The van der Waals surface area contributed by atoms with Crippen molar-refractivity contribution < 1.29 is 8.83 Å². The highest BCUT2D eigenvalue weighted by Gasteiger charge is 2.20. The van der Waals surface area contributed by atoms with Crippen LogP contribution in [0.3, 0.4) is 0 Å². The van der Waals surface area contributed by atoms with Gasteiger partial charge in [-0.15, -0.1) is 0 Å². The third-order valence-corrected chi connectivity index (χ3v) is 4.39. The monoisotopic (exact) mass is 341 g/mol. The quantitative estimate of drug-likeness (QED) is 0.461. The minimum Gasteiger partial charge on any atom is -0.464 e. The van der Waals surface area contributed by atoms with Crippen molar-refractivity contribution >= 4 is 11.0 Å². The van der Waals surface area contributed by atoms with Crippen LogP contribution in [0.1, 0.15) is 5.56 Å². The molecule has 4 heterocycles. The summed E-state index contributed by atoms with van der Waals surface area (Å²) in [5.41, 5.74) is 3.77. The second kappa shape index (κ2) is 6.04. The van der Waals surface area contributed by atoms with Gasteiger partial charge in [0.2, 0.25) is 0 Å². The molecule has 0 radical (unpaired) electrons. The zero-order chi connectivity index (χ0) is 17.3. The maximum Gasteiger partial charge on any atom is 0.153 e. The zero-order valence-electron chi connectivity index (χ0n) is 13.9. The first kappa shape index (κ1) is 14.7. The Balaban J connectivity index is 1.76. The summed E-state index contributed by atoms with van der Waals surface area (Å²) in [6, 6.07) is 17.9. The van der Waals surface area contributed by atoms with E-state index in [4.69, 9.17) is 8.83 Å². The summed E-state index contributed by atoms with van der Waals surface area (Å²) < 4.78 is 13.4. The zero-order valence-corrected chi connectivity index (χ0v) is 13.9. The lowest BCUT2D eigenvalue weighted by molar-refractivity contribution is 0.580. The summed E-state index contributed by atoms with van der Waals surface area (Å²) in [5.74, 6) is 1.49. The number of nitrogens with zero attached hydrogens (tertiary/aromatic N) is 3. The van der Waals surface area contributed by atoms with Crippen molar-refractivity contribution in [3.05, 3.63) is 85.2 Å². The summed E-state index contributed by atoms with van der Waals surface area (Å²) in [4.78, 5) is 9.03. The lowest BCUT2D eigenvalue weighted by Crippen LogP contribution is -1.99. The summed E-state index contributed by atoms with van der Waals surface area (Å²) in [7, 11) is 0. The van der Waals surface area contributed by atoms with Gasteiger partial charge in [0.05, 0.1) is 17.9 Å². The van der Waals surface area contributed by atoms with Crippen LogP contribution in [0.2, 0.25) is 0 Å². The largest absolute Gasteiger partial charge is 0.464 e. The van der Waals surface area contributed by atoms with Crippen molar-refractivity contribution in [1.82, 2.24) is 14.5 Å². The number of furan rings is 2. The van der Waals surface area contributed by atoms with Gasteiger partial charge in [0.25, 0.3) is 0 Å². The van der Waals surface area contributed by atoms with Gasteiger partial charge in [-0.25, -0.2) is 9.97 Å². The van der Waals surface area contributed by atoms with E-state index in [1.54, 1.807) is 18.9 Å². The van der Waals surface area contributed by atoms with Crippen LogP contribution >= 0.6 is 0 Å². The standard InChI is InChI=1S/C21H15N3O2/c1-2-6-15(7-3-1)12-24-13-16(17-8-4-10-25-17)19-20(18-9-5-11-26-18)22-14-23-21(19)24/h1-11,13-14H,12H2. The Kier molecular flexibility index (Phi) is 3.42. The van der Waals surface area contributed by atoms with Crippen LogP contribution in [-0.2, 0) is 6.54 Å². The molecule has 26 heavy (non-hydrogen) atoms. The third kappa shape index (κ3) is 2.41. The number of benzene rings is 1. The maximum atomic E-state index is 5.66. The van der Waals surface area contributed by atoms with E-state index in [0.29, 0.717) is 12.3 Å². The molecule has 0 saturated heterocycles. The molecule has 5 rings (SSSR count). The van der Waals surface area contributed by atoms with Crippen molar-refractivity contribution in [2.24, 2.45) is 0 Å². The van der Waals surface area contributed by atoms with Gasteiger partial charge in [0.15, 0.2) is 5.76 Å². The minimum atomic E-state index is 0.711. The molecule has 0 unspecified atom stereocenters. The Hall–Kier alpha value is -3.60. The fraction of sp³-hybridized carbons (Fsp3) is 0.0476. The van der Waals surface area contributed by atoms with E-state index in [9.17, 15) is 0 Å². The molecule has 0 aliphatic rings. The molecular weight excluding hydrogens is 326 g/mol. The number of hydrogen-bond acceptors (Lipinski definition) is 4. The molecule has 0 atom stereocenters. The van der Waals surface area contributed by atoms with Gasteiger partial charge >= 0.3 is 0 Å². The molecule has 0 aliphatic heterocycles. The first-order valence-electron chi connectivity index (χ1n) is 8.35. The van der Waals surface area contributed by atoms with Gasteiger partial charge in [0.1, 0.15) is 23.4 Å². The van der Waals surface area contributed by atoms with Crippen molar-refractivity contribution in [3.63, 3.8) is 0 Å². The summed E-state index contributed by atoms with van der Waals surface area (Å²) in [6.07, 6.45) is 6.97. The molecule has 0 bridgehead atoms. The molecule has 0 spiro atoms. The molecule has 0 aliphatic carbocycles. The predicted molar refractivity (Wildman–Crippen MR) is 98.5 cm³/mol. The Morgan fingerprint density at radius 2 is 1.58 bits per heavy atom. The van der Waals surface area contributed by atoms with Gasteiger partial charge in [0, 0.05) is 18.3 Å². The lowest BCUT2D eigenvalue weighted by Gasteiger charge is -2.05. The fourth-order valence-electron chi connectivity index (χ4n) is 3.24. The van der Waals surface area contributed by atoms with E-state index in [2.05, 4.69) is 32.9 Å². The number of fused-ring (bicyclic) bond motifs is 1. The lowest BCUT2D eigenvalue weighted by atomic mass is 10.1. The molecule has 0 N–H and O–H groups in total. The van der Waals surface area contributed by atoms with Crippen molar-refractivity contribution in [3.8, 4) is 22.8 Å². The smallest absolute Gasteiger partial charge is 0.153 e. The van der Waals surface area contributed by atoms with Crippen LogP contribution in [0, 0.1) is 0 Å². The highest BCUT2D eigenvalue weighted by Crippen LogP contribution is 2.36. The van der Waals surface area contributed by atoms with Crippen LogP contribution < -0.4 is 0 Å². The Morgan fingerprint density at radius 1 is 0.808 bits per heavy atom. The molecule has 5 nitrogen and oxygen atoms in total. The van der Waals surface area contributed by atoms with Crippen molar-refractivity contribution in [2.75, 3.05) is 0 Å². The summed E-state index contributed by atoms with van der Waals surface area (Å²) >= 11 is 0. The second-order valence-corrected chi connectivity index (χ2v) is 6.03. The van der Waals surface area contributed by atoms with Crippen molar-refractivity contribution in [2.45, 2.75) is 6.54 Å². The van der Waals surface area contributed by atoms with Gasteiger partial charge < -0.3 is 13.4 Å². The molecule has 4 aromatic heterocycles. The van der Waals surface area contributed by atoms with E-state index >= 15 is 0 Å². The van der Waals surface area contributed by atoms with E-state index in [-0.39, 0.29) is 0 Å². The van der Waals surface area contributed by atoms with Crippen LogP contribution in [0.15, 0.2) is 88.5 Å². The Bertz CT molecular complexity index is 1140. The molecular formula is C21H15N3O2. The van der Waals surface area contributed by atoms with Gasteiger partial charge in [-0.1, -0.05) is 30.3 Å². The Labute approximate surface area is 149 Å². The van der Waals surface area contributed by atoms with Crippen LogP contribution in [0.4, 0.5) is 0 Å². The molecule has 126 valence electrons. The topological polar surface area (TPSA) is 57.0 Å². The van der Waals surface area contributed by atoms with Crippen LogP contribution in [0.5, 0.6) is 0 Å². The molecule has 0 amide bonds. The number of hydrogen-bond donors (Lipinski definition) is 0. The second-order valence-electron chi connectivity index (χ2n) is 6.03. The highest BCUT2D eigenvalue weighted by atomic mass is 16.3. The molecule has 0 fully saturated rings.